The lowest BCUT2D eigenvalue weighted by molar-refractivity contribution is -0.169. The smallest absolute Gasteiger partial charge is 0.233 e. The number of thioether (sulfide) groups is 1. The van der Waals surface area contributed by atoms with Gasteiger partial charge in [-0.05, 0) is 12.8 Å². The maximum atomic E-state index is 12.2. The minimum atomic E-state index is -0.410. The van der Waals surface area contributed by atoms with E-state index in [9.17, 15) is 4.79 Å². The monoisotopic (exact) mass is 398 g/mol. The van der Waals surface area contributed by atoms with Gasteiger partial charge in [0.25, 0.3) is 0 Å². The number of carbonyl (C=O) groups excluding carboxylic acids is 1. The zero-order valence-electron chi connectivity index (χ0n) is 14.7. The molecule has 3 aliphatic rings. The molecule has 4 heterocycles. The van der Waals surface area contributed by atoms with Gasteiger partial charge in [-0.3, -0.25) is 4.79 Å². The molecule has 3 fully saturated rings. The third-order valence-electron chi connectivity index (χ3n) is 5.11. The Morgan fingerprint density at radius 3 is 2.54 bits per heavy atom. The molecule has 0 radical (unpaired) electrons. The fourth-order valence-corrected chi connectivity index (χ4v) is 4.64. The Bertz CT molecular complexity index is 655. The van der Waals surface area contributed by atoms with E-state index in [1.165, 1.54) is 11.8 Å². The van der Waals surface area contributed by atoms with Gasteiger partial charge in [0, 0.05) is 45.1 Å². The number of hydrogen-bond donors (Lipinski definition) is 0. The number of nitrogens with zero attached hydrogens (tertiary/aromatic N) is 4. The summed E-state index contributed by atoms with van der Waals surface area (Å²) in [7, 11) is 0. The second-order valence-corrected chi connectivity index (χ2v) is 8.13. The lowest BCUT2D eigenvalue weighted by atomic mass is 10.0. The van der Waals surface area contributed by atoms with Crippen LogP contribution in [0.2, 0.25) is 5.15 Å². The molecule has 0 atom stereocenters. The van der Waals surface area contributed by atoms with Gasteiger partial charge in [0.1, 0.15) is 11.0 Å². The van der Waals surface area contributed by atoms with Crippen molar-refractivity contribution in [1.29, 1.82) is 0 Å². The second-order valence-electron chi connectivity index (χ2n) is 6.80. The number of aromatic nitrogens is 2. The molecular weight excluding hydrogens is 376 g/mol. The first-order valence-corrected chi connectivity index (χ1v) is 10.5. The van der Waals surface area contributed by atoms with Gasteiger partial charge < -0.3 is 19.3 Å². The van der Waals surface area contributed by atoms with Crippen LogP contribution in [-0.2, 0) is 14.3 Å². The van der Waals surface area contributed by atoms with Gasteiger partial charge in [-0.2, -0.15) is 0 Å². The van der Waals surface area contributed by atoms with Gasteiger partial charge in [-0.25, -0.2) is 9.97 Å². The maximum absolute atomic E-state index is 12.2. The molecule has 0 bridgehead atoms. The van der Waals surface area contributed by atoms with Crippen molar-refractivity contribution in [3.63, 3.8) is 0 Å². The van der Waals surface area contributed by atoms with Crippen LogP contribution in [0.25, 0.3) is 0 Å². The first-order chi connectivity index (χ1) is 12.6. The summed E-state index contributed by atoms with van der Waals surface area (Å²) in [5.41, 5.74) is 0. The molecule has 26 heavy (non-hydrogen) atoms. The summed E-state index contributed by atoms with van der Waals surface area (Å²) in [5, 5.41) is 0.952. The minimum Gasteiger partial charge on any atom is -0.356 e. The summed E-state index contributed by atoms with van der Waals surface area (Å²) >= 11 is 7.55. The van der Waals surface area contributed by atoms with E-state index in [0.29, 0.717) is 29.3 Å². The van der Waals surface area contributed by atoms with E-state index < -0.39 is 5.79 Å². The van der Waals surface area contributed by atoms with Crippen molar-refractivity contribution >= 4 is 35.1 Å². The first kappa shape index (κ1) is 18.3. The molecule has 142 valence electrons. The predicted octanol–water partition coefficient (Wildman–Crippen LogP) is 2.19. The minimum absolute atomic E-state index is 0.146. The predicted molar refractivity (Wildman–Crippen MR) is 99.7 cm³/mol. The Morgan fingerprint density at radius 2 is 1.85 bits per heavy atom. The number of likely N-dealkylation sites (tertiary alicyclic amines) is 1. The summed E-state index contributed by atoms with van der Waals surface area (Å²) in [6.07, 6.45) is 3.81. The van der Waals surface area contributed by atoms with E-state index in [0.717, 1.165) is 57.7 Å². The molecule has 3 saturated heterocycles. The average Bonchev–Trinajstić information content (AvgIpc) is 3.32. The molecule has 0 N–H and O–H groups in total. The highest BCUT2D eigenvalue weighted by Gasteiger charge is 2.40. The summed E-state index contributed by atoms with van der Waals surface area (Å²) in [6, 6.07) is 1.78. The molecule has 1 aromatic rings. The number of hydrogen-bond acceptors (Lipinski definition) is 7. The molecule has 1 amide bonds. The third kappa shape index (κ3) is 4.08. The highest BCUT2D eigenvalue weighted by molar-refractivity contribution is 7.99. The van der Waals surface area contributed by atoms with Crippen LogP contribution in [0.15, 0.2) is 11.2 Å². The Hall–Kier alpha value is -1.09. The van der Waals surface area contributed by atoms with Gasteiger partial charge in [-0.15, -0.1) is 0 Å². The zero-order chi connectivity index (χ0) is 18.0. The number of piperidine rings is 1. The number of anilines is 1. The molecular formula is C17H23ClN4O3S. The van der Waals surface area contributed by atoms with Gasteiger partial charge in [0.2, 0.25) is 5.91 Å². The summed E-state index contributed by atoms with van der Waals surface area (Å²) in [5.74, 6) is 0.888. The normalized spacial score (nSPS) is 22.3. The maximum Gasteiger partial charge on any atom is 0.233 e. The molecule has 7 nitrogen and oxygen atoms in total. The van der Waals surface area contributed by atoms with Gasteiger partial charge in [-0.1, -0.05) is 23.4 Å². The summed E-state index contributed by atoms with van der Waals surface area (Å²) in [4.78, 5) is 25.2. The van der Waals surface area contributed by atoms with Crippen molar-refractivity contribution in [1.82, 2.24) is 14.9 Å². The highest BCUT2D eigenvalue weighted by Crippen LogP contribution is 2.33. The lowest BCUT2D eigenvalue weighted by Gasteiger charge is -2.38. The van der Waals surface area contributed by atoms with Gasteiger partial charge in [0.05, 0.1) is 19.0 Å². The van der Waals surface area contributed by atoms with Crippen molar-refractivity contribution in [2.45, 2.75) is 36.6 Å². The largest absolute Gasteiger partial charge is 0.356 e. The van der Waals surface area contributed by atoms with Crippen molar-refractivity contribution < 1.29 is 14.3 Å². The van der Waals surface area contributed by atoms with Crippen LogP contribution in [0.3, 0.4) is 0 Å². The van der Waals surface area contributed by atoms with Gasteiger partial charge in [0.15, 0.2) is 10.9 Å². The SMILES string of the molecule is O=C(CSc1nc(Cl)cc(N2CCC3(CC2)OCCO3)n1)N1CCCC1. The molecule has 0 aromatic carbocycles. The molecule has 1 spiro atoms. The number of halogens is 1. The van der Waals surface area contributed by atoms with Crippen LogP contribution in [-0.4, -0.2) is 71.7 Å². The number of rotatable bonds is 4. The summed E-state index contributed by atoms with van der Waals surface area (Å²) < 4.78 is 11.5. The second kappa shape index (κ2) is 7.88. The van der Waals surface area contributed by atoms with Crippen LogP contribution in [0.5, 0.6) is 0 Å². The zero-order valence-corrected chi connectivity index (χ0v) is 16.2. The van der Waals surface area contributed by atoms with Crippen molar-refractivity contribution in [2.75, 3.05) is 50.0 Å². The van der Waals surface area contributed by atoms with E-state index in [2.05, 4.69) is 14.9 Å². The third-order valence-corrected chi connectivity index (χ3v) is 6.13. The molecule has 0 aliphatic carbocycles. The summed E-state index contributed by atoms with van der Waals surface area (Å²) in [6.45, 7) is 4.66. The van der Waals surface area contributed by atoms with Crippen molar-refractivity contribution in [2.24, 2.45) is 0 Å². The first-order valence-electron chi connectivity index (χ1n) is 9.12. The highest BCUT2D eigenvalue weighted by atomic mass is 35.5. The standard InChI is InChI=1S/C17H23ClN4O3S/c18-13-11-14(21-7-3-17(4-8-21)24-9-10-25-17)20-16(19-13)26-12-15(23)22-5-1-2-6-22/h11H,1-10,12H2. The quantitative estimate of drug-likeness (QED) is 0.437. The molecule has 3 aliphatic heterocycles. The molecule has 9 heteroatoms. The van der Waals surface area contributed by atoms with E-state index in [4.69, 9.17) is 21.1 Å². The van der Waals surface area contributed by atoms with E-state index >= 15 is 0 Å². The molecule has 0 saturated carbocycles. The Morgan fingerprint density at radius 1 is 1.15 bits per heavy atom. The van der Waals surface area contributed by atoms with E-state index in [1.54, 1.807) is 6.07 Å². The van der Waals surface area contributed by atoms with Crippen LogP contribution in [0, 0.1) is 0 Å². The van der Waals surface area contributed by atoms with Crippen LogP contribution in [0.4, 0.5) is 5.82 Å². The lowest BCUT2D eigenvalue weighted by Crippen LogP contribution is -2.45. The van der Waals surface area contributed by atoms with Crippen LogP contribution in [0.1, 0.15) is 25.7 Å². The van der Waals surface area contributed by atoms with E-state index in [1.807, 2.05) is 4.90 Å². The van der Waals surface area contributed by atoms with Crippen LogP contribution < -0.4 is 4.90 Å². The Labute approximate surface area is 162 Å². The van der Waals surface area contributed by atoms with Crippen molar-refractivity contribution in [3.05, 3.63) is 11.2 Å². The number of ether oxygens (including phenoxy) is 2. The molecule has 0 unspecified atom stereocenters. The topological polar surface area (TPSA) is 67.8 Å². The van der Waals surface area contributed by atoms with E-state index in [-0.39, 0.29) is 5.91 Å². The number of amides is 1. The molecule has 4 rings (SSSR count). The van der Waals surface area contributed by atoms with Crippen LogP contribution >= 0.6 is 23.4 Å². The fraction of sp³-hybridized carbons (Fsp3) is 0.706. The Balaban J connectivity index is 1.37. The number of carbonyl (C=O) groups is 1. The molecule has 1 aromatic heterocycles. The van der Waals surface area contributed by atoms with Gasteiger partial charge >= 0.3 is 0 Å². The Kier molecular flexibility index (Phi) is 5.54. The fourth-order valence-electron chi connectivity index (χ4n) is 3.66. The average molecular weight is 399 g/mol. The van der Waals surface area contributed by atoms with Crippen molar-refractivity contribution in [3.8, 4) is 0 Å².